The van der Waals surface area contributed by atoms with Gasteiger partial charge in [-0.1, -0.05) is 56.5 Å². The molecule has 10 heteroatoms. The molecule has 0 N–H and O–H groups in total. The van der Waals surface area contributed by atoms with Crippen molar-refractivity contribution in [1.29, 1.82) is 0 Å². The topological polar surface area (TPSA) is 61.8 Å². The summed E-state index contributed by atoms with van der Waals surface area (Å²) >= 11 is 0. The second-order valence-electron chi connectivity index (χ2n) is 11.5. The van der Waals surface area contributed by atoms with Gasteiger partial charge in [0, 0.05) is 18.1 Å². The maximum atomic E-state index is 15.0. The number of esters is 2. The van der Waals surface area contributed by atoms with Crippen LogP contribution in [-0.2, 0) is 38.0 Å². The fourth-order valence-corrected chi connectivity index (χ4v) is 4.95. The molecule has 0 saturated heterocycles. The molecule has 254 valence electrons. The SMILES string of the molecule is C=C(C)C(=O)OCCCCCCc1ccc(OC(F)(F)c2c(F)cc(-c3ccc(CCCCCCOC(C)=O)cc3F)cc2F)cc1. The van der Waals surface area contributed by atoms with Crippen molar-refractivity contribution >= 4 is 11.9 Å². The zero-order valence-corrected chi connectivity index (χ0v) is 26.8. The van der Waals surface area contributed by atoms with E-state index in [1.54, 1.807) is 25.1 Å². The monoisotopic (exact) mass is 660 g/mol. The van der Waals surface area contributed by atoms with Gasteiger partial charge in [0.25, 0.3) is 0 Å². The molecule has 3 rings (SSSR count). The zero-order chi connectivity index (χ0) is 34.4. The lowest BCUT2D eigenvalue weighted by molar-refractivity contribution is -0.189. The third-order valence-corrected chi connectivity index (χ3v) is 7.45. The molecule has 0 fully saturated rings. The maximum absolute atomic E-state index is 15.0. The first kappa shape index (κ1) is 37.2. The van der Waals surface area contributed by atoms with Crippen LogP contribution in [0.5, 0.6) is 5.75 Å². The molecule has 47 heavy (non-hydrogen) atoms. The quantitative estimate of drug-likeness (QED) is 0.0555. The van der Waals surface area contributed by atoms with E-state index in [4.69, 9.17) is 14.2 Å². The number of carbonyl (C=O) groups excluding carboxylic acids is 2. The van der Waals surface area contributed by atoms with Crippen LogP contribution in [0, 0.1) is 17.5 Å². The summed E-state index contributed by atoms with van der Waals surface area (Å²) in [4.78, 5) is 22.1. The summed E-state index contributed by atoms with van der Waals surface area (Å²) in [7, 11) is 0. The molecule has 0 bridgehead atoms. The molecule has 0 atom stereocenters. The van der Waals surface area contributed by atoms with Gasteiger partial charge >= 0.3 is 18.0 Å². The van der Waals surface area contributed by atoms with Crippen LogP contribution in [0.2, 0.25) is 0 Å². The van der Waals surface area contributed by atoms with Crippen LogP contribution >= 0.6 is 0 Å². The van der Waals surface area contributed by atoms with Gasteiger partial charge in [0.05, 0.1) is 13.2 Å². The van der Waals surface area contributed by atoms with Gasteiger partial charge in [-0.15, -0.1) is 0 Å². The Kier molecular flexibility index (Phi) is 14.4. The first-order valence-corrected chi connectivity index (χ1v) is 15.8. The minimum Gasteiger partial charge on any atom is -0.466 e. The highest BCUT2D eigenvalue weighted by molar-refractivity contribution is 5.86. The molecule has 0 saturated carbocycles. The van der Waals surface area contributed by atoms with Gasteiger partial charge in [-0.25, -0.2) is 18.0 Å². The number of unbranched alkanes of at least 4 members (excludes halogenated alkanes) is 6. The lowest BCUT2D eigenvalue weighted by Crippen LogP contribution is -2.25. The van der Waals surface area contributed by atoms with Crippen LogP contribution in [0.25, 0.3) is 11.1 Å². The van der Waals surface area contributed by atoms with E-state index in [0.717, 1.165) is 56.9 Å². The van der Waals surface area contributed by atoms with Crippen LogP contribution in [0.1, 0.15) is 81.9 Å². The van der Waals surface area contributed by atoms with E-state index in [0.29, 0.717) is 49.3 Å². The summed E-state index contributed by atoms with van der Waals surface area (Å²) in [5, 5.41) is 0. The van der Waals surface area contributed by atoms with Crippen molar-refractivity contribution in [2.45, 2.75) is 84.2 Å². The molecule has 0 unspecified atom stereocenters. The number of carbonyl (C=O) groups is 2. The molecule has 0 heterocycles. The largest absolute Gasteiger partial charge is 0.466 e. The summed E-state index contributed by atoms with van der Waals surface area (Å²) in [6, 6.07) is 11.4. The Labute approximate surface area is 272 Å². The number of aryl methyl sites for hydroxylation is 2. The predicted octanol–water partition coefficient (Wildman–Crippen LogP) is 9.79. The molecule has 0 radical (unpaired) electrons. The van der Waals surface area contributed by atoms with E-state index < -0.39 is 35.1 Å². The van der Waals surface area contributed by atoms with Gasteiger partial charge < -0.3 is 14.2 Å². The van der Waals surface area contributed by atoms with Crippen molar-refractivity contribution in [2.24, 2.45) is 0 Å². The van der Waals surface area contributed by atoms with Crippen molar-refractivity contribution in [2.75, 3.05) is 13.2 Å². The molecule has 0 aromatic heterocycles. The standard InChI is InChI=1S/C37H41F5O5/c1-25(2)36(44)46-21-11-7-4-8-12-27-14-17-30(18-15-27)47-37(41,42)35-33(39)23-29(24-34(35)40)31-19-16-28(22-32(31)38)13-9-5-6-10-20-45-26(3)43/h14-19,22-24H,1,4-13,20-21H2,2-3H3. The molecular formula is C37H41F5O5. The van der Waals surface area contributed by atoms with Crippen LogP contribution in [0.3, 0.4) is 0 Å². The Bertz CT molecular complexity index is 1480. The fourth-order valence-electron chi connectivity index (χ4n) is 4.95. The van der Waals surface area contributed by atoms with E-state index >= 15 is 0 Å². The smallest absolute Gasteiger partial charge is 0.432 e. The molecule has 0 aliphatic carbocycles. The minimum absolute atomic E-state index is 0.120. The highest BCUT2D eigenvalue weighted by Gasteiger charge is 2.41. The fraction of sp³-hybridized carbons (Fsp3) is 0.405. The minimum atomic E-state index is -4.33. The molecule has 5 nitrogen and oxygen atoms in total. The van der Waals surface area contributed by atoms with Gasteiger partial charge in [0.2, 0.25) is 0 Å². The zero-order valence-electron chi connectivity index (χ0n) is 26.8. The van der Waals surface area contributed by atoms with Crippen molar-refractivity contribution in [3.63, 3.8) is 0 Å². The molecule has 0 aliphatic heterocycles. The van der Waals surface area contributed by atoms with Crippen molar-refractivity contribution in [1.82, 2.24) is 0 Å². The number of ether oxygens (including phenoxy) is 3. The van der Waals surface area contributed by atoms with Crippen LogP contribution in [0.15, 0.2) is 66.7 Å². The summed E-state index contributed by atoms with van der Waals surface area (Å²) in [5.41, 5.74) is 0.0166. The summed E-state index contributed by atoms with van der Waals surface area (Å²) in [6.07, 6.45) is 3.41. The first-order valence-electron chi connectivity index (χ1n) is 15.8. The van der Waals surface area contributed by atoms with Crippen LogP contribution in [-0.4, -0.2) is 25.2 Å². The Morgan fingerprint density at radius 3 is 1.77 bits per heavy atom. The Balaban J connectivity index is 1.52. The lowest BCUT2D eigenvalue weighted by atomic mass is 9.98. The molecule has 3 aromatic carbocycles. The second kappa shape index (κ2) is 18.2. The Morgan fingerprint density at radius 1 is 0.681 bits per heavy atom. The summed E-state index contributed by atoms with van der Waals surface area (Å²) in [5.74, 6) is -4.85. The van der Waals surface area contributed by atoms with Gasteiger partial charge in [-0.3, -0.25) is 4.79 Å². The summed E-state index contributed by atoms with van der Waals surface area (Å²) < 4.78 is 89.5. The Hall–Kier alpha value is -4.21. The first-order chi connectivity index (χ1) is 22.4. The average Bonchev–Trinajstić information content (AvgIpc) is 3.00. The highest BCUT2D eigenvalue weighted by atomic mass is 19.3. The van der Waals surface area contributed by atoms with Crippen LogP contribution in [0.4, 0.5) is 22.0 Å². The number of hydrogen-bond acceptors (Lipinski definition) is 5. The molecule has 0 aliphatic rings. The Morgan fingerprint density at radius 2 is 1.21 bits per heavy atom. The third kappa shape index (κ3) is 12.2. The van der Waals surface area contributed by atoms with Gasteiger partial charge in [-0.05, 0) is 92.5 Å². The average molecular weight is 661 g/mol. The number of alkyl halides is 2. The maximum Gasteiger partial charge on any atom is 0.432 e. The highest BCUT2D eigenvalue weighted by Crippen LogP contribution is 2.37. The number of benzene rings is 3. The number of rotatable bonds is 19. The van der Waals surface area contributed by atoms with Crippen molar-refractivity contribution < 1.29 is 45.8 Å². The lowest BCUT2D eigenvalue weighted by Gasteiger charge is -2.20. The van der Waals surface area contributed by atoms with E-state index in [-0.39, 0.29) is 22.8 Å². The summed E-state index contributed by atoms with van der Waals surface area (Å²) in [6.45, 7) is 7.14. The number of hydrogen-bond donors (Lipinski definition) is 0. The molecular weight excluding hydrogens is 619 g/mol. The number of halogens is 5. The molecule has 3 aromatic rings. The van der Waals surface area contributed by atoms with Crippen molar-refractivity contribution in [3.8, 4) is 16.9 Å². The third-order valence-electron chi connectivity index (χ3n) is 7.45. The molecule has 0 spiro atoms. The molecule has 0 amide bonds. The van der Waals surface area contributed by atoms with E-state index in [9.17, 15) is 31.5 Å². The van der Waals surface area contributed by atoms with Crippen molar-refractivity contribution in [3.05, 3.63) is 101 Å². The van der Waals surface area contributed by atoms with E-state index in [1.165, 1.54) is 31.2 Å². The van der Waals surface area contributed by atoms with E-state index in [1.807, 2.05) is 0 Å². The predicted molar refractivity (Wildman–Crippen MR) is 169 cm³/mol. The normalized spacial score (nSPS) is 11.3. The van der Waals surface area contributed by atoms with Gasteiger partial charge in [0.15, 0.2) is 0 Å². The second-order valence-corrected chi connectivity index (χ2v) is 11.5. The van der Waals surface area contributed by atoms with Crippen LogP contribution < -0.4 is 4.74 Å². The van der Waals surface area contributed by atoms with Gasteiger partial charge in [-0.2, -0.15) is 8.78 Å². The van der Waals surface area contributed by atoms with Gasteiger partial charge in [0.1, 0.15) is 28.8 Å². The van der Waals surface area contributed by atoms with E-state index in [2.05, 4.69) is 6.58 Å².